The summed E-state index contributed by atoms with van der Waals surface area (Å²) in [5.74, 6) is -0.271. The molecule has 1 saturated heterocycles. The summed E-state index contributed by atoms with van der Waals surface area (Å²) in [6, 6.07) is 8.19. The third kappa shape index (κ3) is 5.43. The monoisotopic (exact) mass is 405 g/mol. The average molecular weight is 406 g/mol. The number of hydrogen-bond acceptors (Lipinski definition) is 7. The normalized spacial score (nSPS) is 16.9. The van der Waals surface area contributed by atoms with E-state index in [1.54, 1.807) is 4.90 Å². The van der Waals surface area contributed by atoms with Gasteiger partial charge < -0.3 is 16.0 Å². The fourth-order valence-corrected chi connectivity index (χ4v) is 4.59. The number of hydrogen-bond donors (Lipinski definition) is 2. The summed E-state index contributed by atoms with van der Waals surface area (Å²) in [7, 11) is 0. The van der Waals surface area contributed by atoms with Gasteiger partial charge in [-0.1, -0.05) is 42.2 Å². The smallest absolute Gasteiger partial charge is 0.233 e. The molecule has 2 amide bonds. The Hall–Kier alpha value is -2.13. The maximum atomic E-state index is 12.4. The number of carbonyl (C=O) groups is 2. The van der Waals surface area contributed by atoms with Crippen molar-refractivity contribution in [1.82, 2.24) is 15.1 Å². The van der Waals surface area contributed by atoms with Crippen molar-refractivity contribution in [3.05, 3.63) is 29.8 Å². The van der Waals surface area contributed by atoms with Crippen LogP contribution in [0.3, 0.4) is 0 Å². The van der Waals surface area contributed by atoms with Gasteiger partial charge in [0, 0.05) is 18.8 Å². The minimum atomic E-state index is -0.327. The Balaban J connectivity index is 1.50. The number of rotatable bonds is 7. The number of aromatic nitrogens is 2. The van der Waals surface area contributed by atoms with Gasteiger partial charge in [-0.25, -0.2) is 0 Å². The highest BCUT2D eigenvalue weighted by molar-refractivity contribution is 8.01. The molecule has 1 atom stereocenters. The molecule has 0 spiro atoms. The molecule has 7 nitrogen and oxygen atoms in total. The fraction of sp³-hybridized carbons (Fsp3) is 0.444. The van der Waals surface area contributed by atoms with Crippen LogP contribution in [0.25, 0.3) is 0 Å². The number of nitrogens with one attached hydrogen (secondary N) is 1. The van der Waals surface area contributed by atoms with Crippen molar-refractivity contribution in [3.8, 4) is 0 Å². The van der Waals surface area contributed by atoms with Gasteiger partial charge in [-0.15, -0.1) is 10.2 Å². The van der Waals surface area contributed by atoms with Gasteiger partial charge in [-0.2, -0.15) is 0 Å². The van der Waals surface area contributed by atoms with Gasteiger partial charge in [0.2, 0.25) is 16.9 Å². The van der Waals surface area contributed by atoms with E-state index in [2.05, 4.69) is 34.6 Å². The first-order chi connectivity index (χ1) is 13.0. The molecule has 0 aliphatic carbocycles. The number of likely N-dealkylation sites (tertiary alicyclic amines) is 1. The molecular weight excluding hydrogens is 382 g/mol. The molecule has 3 rings (SSSR count). The maximum absolute atomic E-state index is 12.4. The van der Waals surface area contributed by atoms with Crippen LogP contribution in [0, 0.1) is 5.92 Å². The van der Waals surface area contributed by atoms with Gasteiger partial charge in [0.05, 0.1) is 11.7 Å². The molecule has 0 saturated carbocycles. The predicted molar refractivity (Wildman–Crippen MR) is 108 cm³/mol. The third-order valence-corrected chi connectivity index (χ3v) is 6.47. The molecule has 1 aromatic carbocycles. The van der Waals surface area contributed by atoms with Crippen molar-refractivity contribution in [3.63, 3.8) is 0 Å². The Morgan fingerprint density at radius 2 is 2.11 bits per heavy atom. The number of thioether (sulfide) groups is 1. The van der Waals surface area contributed by atoms with Crippen LogP contribution >= 0.6 is 23.1 Å². The number of nitrogens with two attached hydrogens (primary N) is 1. The second-order valence-corrected chi connectivity index (χ2v) is 8.62. The Kier molecular flexibility index (Phi) is 6.68. The van der Waals surface area contributed by atoms with E-state index in [1.165, 1.54) is 28.7 Å². The molecule has 0 bridgehead atoms. The predicted octanol–water partition coefficient (Wildman–Crippen LogP) is 2.66. The lowest BCUT2D eigenvalue weighted by Gasteiger charge is -2.31. The van der Waals surface area contributed by atoms with E-state index in [0.717, 1.165) is 29.3 Å². The van der Waals surface area contributed by atoms with Gasteiger partial charge in [-0.05, 0) is 37.0 Å². The summed E-state index contributed by atoms with van der Waals surface area (Å²) in [6.07, 6.45) is 2.58. The van der Waals surface area contributed by atoms with E-state index in [-0.39, 0.29) is 23.5 Å². The number of aryl methyl sites for hydroxylation is 1. The summed E-state index contributed by atoms with van der Waals surface area (Å²) in [6.45, 7) is 3.22. The topological polar surface area (TPSA) is 101 Å². The van der Waals surface area contributed by atoms with E-state index in [1.807, 2.05) is 12.1 Å². The van der Waals surface area contributed by atoms with E-state index in [4.69, 9.17) is 5.73 Å². The highest BCUT2D eigenvalue weighted by Gasteiger charge is 2.27. The van der Waals surface area contributed by atoms with Crippen LogP contribution < -0.4 is 11.1 Å². The molecule has 1 aromatic heterocycles. The van der Waals surface area contributed by atoms with Gasteiger partial charge >= 0.3 is 0 Å². The lowest BCUT2D eigenvalue weighted by molar-refractivity contribution is -0.132. The molecule has 1 aliphatic rings. The summed E-state index contributed by atoms with van der Waals surface area (Å²) < 4.78 is 0.736. The minimum Gasteiger partial charge on any atom is -0.369 e. The number of carbonyl (C=O) groups excluding carboxylic acids is 2. The number of primary amides is 1. The molecule has 144 valence electrons. The summed E-state index contributed by atoms with van der Waals surface area (Å²) >= 11 is 2.78. The molecule has 0 radical (unpaired) electrons. The Morgan fingerprint density at radius 1 is 1.33 bits per heavy atom. The van der Waals surface area contributed by atoms with Gasteiger partial charge in [0.1, 0.15) is 0 Å². The zero-order valence-electron chi connectivity index (χ0n) is 15.2. The largest absolute Gasteiger partial charge is 0.369 e. The second kappa shape index (κ2) is 9.18. The molecule has 2 aromatic rings. The number of amides is 2. The quantitative estimate of drug-likeness (QED) is 0.687. The Morgan fingerprint density at radius 3 is 2.81 bits per heavy atom. The highest BCUT2D eigenvalue weighted by Crippen LogP contribution is 2.28. The maximum Gasteiger partial charge on any atom is 0.233 e. The van der Waals surface area contributed by atoms with Crippen LogP contribution in [-0.4, -0.2) is 45.8 Å². The average Bonchev–Trinajstić information content (AvgIpc) is 3.14. The number of anilines is 2. The van der Waals surface area contributed by atoms with E-state index in [9.17, 15) is 9.59 Å². The minimum absolute atomic E-state index is 0.00538. The van der Waals surface area contributed by atoms with Gasteiger partial charge in [0.15, 0.2) is 4.34 Å². The van der Waals surface area contributed by atoms with E-state index < -0.39 is 0 Å². The summed E-state index contributed by atoms with van der Waals surface area (Å²) in [4.78, 5) is 25.5. The van der Waals surface area contributed by atoms with Crippen LogP contribution in [0.2, 0.25) is 0 Å². The van der Waals surface area contributed by atoms with E-state index >= 15 is 0 Å². The molecular formula is C18H23N5O2S2. The van der Waals surface area contributed by atoms with Crippen LogP contribution in [0.15, 0.2) is 28.6 Å². The standard InChI is InChI=1S/C18H23N5O2S2/c1-2-12-5-7-14(8-6-12)20-17-21-22-18(27-17)26-11-15(24)23-9-3-4-13(10-23)16(19)25/h5-8,13H,2-4,9-11H2,1H3,(H2,19,25)(H,20,21)/t13-/m1/s1. The Bertz CT molecular complexity index is 793. The molecule has 0 unspecified atom stereocenters. The van der Waals surface area contributed by atoms with Crippen LogP contribution in [0.1, 0.15) is 25.3 Å². The molecule has 1 fully saturated rings. The van der Waals surface area contributed by atoms with E-state index in [0.29, 0.717) is 18.2 Å². The van der Waals surface area contributed by atoms with Crippen molar-refractivity contribution < 1.29 is 9.59 Å². The first kappa shape index (κ1) is 19.6. The second-order valence-electron chi connectivity index (χ2n) is 6.42. The van der Waals surface area contributed by atoms with Crippen LogP contribution in [0.4, 0.5) is 10.8 Å². The van der Waals surface area contributed by atoms with Crippen molar-refractivity contribution >= 4 is 45.7 Å². The van der Waals surface area contributed by atoms with Crippen LogP contribution in [-0.2, 0) is 16.0 Å². The zero-order valence-corrected chi connectivity index (χ0v) is 16.8. The highest BCUT2D eigenvalue weighted by atomic mass is 32.2. The van der Waals surface area contributed by atoms with Gasteiger partial charge in [-0.3, -0.25) is 9.59 Å². The van der Waals surface area contributed by atoms with Gasteiger partial charge in [0.25, 0.3) is 0 Å². The van der Waals surface area contributed by atoms with Crippen molar-refractivity contribution in [2.24, 2.45) is 11.7 Å². The van der Waals surface area contributed by atoms with Crippen molar-refractivity contribution in [1.29, 1.82) is 0 Å². The lowest BCUT2D eigenvalue weighted by atomic mass is 9.97. The number of piperidine rings is 1. The van der Waals surface area contributed by atoms with Crippen LogP contribution in [0.5, 0.6) is 0 Å². The first-order valence-corrected chi connectivity index (χ1v) is 10.7. The molecule has 1 aliphatic heterocycles. The SMILES string of the molecule is CCc1ccc(Nc2nnc(SCC(=O)N3CCC[C@@H](C(N)=O)C3)s2)cc1. The fourth-order valence-electron chi connectivity index (χ4n) is 2.92. The lowest BCUT2D eigenvalue weighted by Crippen LogP contribution is -2.44. The van der Waals surface area contributed by atoms with Crippen molar-refractivity contribution in [2.45, 2.75) is 30.5 Å². The molecule has 2 heterocycles. The zero-order chi connectivity index (χ0) is 19.2. The van der Waals surface area contributed by atoms with Crippen molar-refractivity contribution in [2.75, 3.05) is 24.2 Å². The molecule has 3 N–H and O–H groups in total. The summed E-state index contributed by atoms with van der Waals surface area (Å²) in [5, 5.41) is 12.2. The molecule has 27 heavy (non-hydrogen) atoms. The number of nitrogens with zero attached hydrogens (tertiary/aromatic N) is 3. The third-order valence-electron chi connectivity index (χ3n) is 4.52. The Labute approximate surface area is 166 Å². The number of benzene rings is 1. The molecule has 9 heteroatoms. The summed E-state index contributed by atoms with van der Waals surface area (Å²) in [5.41, 5.74) is 7.61. The first-order valence-electron chi connectivity index (χ1n) is 8.94.